The Kier molecular flexibility index (Phi) is 4.82. The lowest BCUT2D eigenvalue weighted by Gasteiger charge is -2.18. The maximum atomic E-state index is 14.0. The quantitative estimate of drug-likeness (QED) is 0.906. The summed E-state index contributed by atoms with van der Waals surface area (Å²) in [6.45, 7) is 2.48. The van der Waals surface area contributed by atoms with Gasteiger partial charge in [0.25, 0.3) is 0 Å². The van der Waals surface area contributed by atoms with Crippen LogP contribution < -0.4 is 5.32 Å². The first-order valence-electron chi connectivity index (χ1n) is 6.24. The zero-order valence-corrected chi connectivity index (χ0v) is 12.8. The van der Waals surface area contributed by atoms with E-state index in [-0.39, 0.29) is 5.56 Å². The number of likely N-dealkylation sites (N-methyl/N-ethyl adjacent to an activating group) is 1. The molecular weight excluding hydrogens is 330 g/mol. The third-order valence-electron chi connectivity index (χ3n) is 2.91. The Morgan fingerprint density at radius 3 is 2.50 bits per heavy atom. The molecule has 0 aliphatic heterocycles. The van der Waals surface area contributed by atoms with E-state index in [2.05, 4.69) is 31.6 Å². The van der Waals surface area contributed by atoms with Crippen molar-refractivity contribution in [2.24, 2.45) is 7.05 Å². The van der Waals surface area contributed by atoms with E-state index in [1.807, 2.05) is 6.92 Å². The lowest BCUT2D eigenvalue weighted by Crippen LogP contribution is -2.25. The van der Waals surface area contributed by atoms with Gasteiger partial charge in [-0.15, -0.1) is 5.10 Å². The first kappa shape index (κ1) is 15.1. The van der Waals surface area contributed by atoms with Crippen molar-refractivity contribution < 1.29 is 8.78 Å². The highest BCUT2D eigenvalue weighted by molar-refractivity contribution is 9.10. The number of nitrogens with zero attached hydrogens (tertiary/aromatic N) is 3. The number of aryl methyl sites for hydroxylation is 1. The van der Waals surface area contributed by atoms with Crippen molar-refractivity contribution in [1.82, 2.24) is 20.3 Å². The van der Waals surface area contributed by atoms with E-state index in [9.17, 15) is 8.78 Å². The molecule has 0 saturated carbocycles. The highest BCUT2D eigenvalue weighted by Gasteiger charge is 2.21. The SMILES string of the molecule is CCNC(Cc1cn(C)nn1)c1c(F)cc(Br)cc1F. The van der Waals surface area contributed by atoms with E-state index in [0.29, 0.717) is 23.1 Å². The molecule has 1 N–H and O–H groups in total. The minimum absolute atomic E-state index is 0.0284. The van der Waals surface area contributed by atoms with E-state index >= 15 is 0 Å². The largest absolute Gasteiger partial charge is 0.310 e. The molecule has 4 nitrogen and oxygen atoms in total. The summed E-state index contributed by atoms with van der Waals surface area (Å²) in [5, 5.41) is 10.9. The second kappa shape index (κ2) is 6.41. The Morgan fingerprint density at radius 2 is 2.00 bits per heavy atom. The maximum absolute atomic E-state index is 14.0. The fraction of sp³-hybridized carbons (Fsp3) is 0.385. The molecule has 1 aromatic heterocycles. The summed E-state index contributed by atoms with van der Waals surface area (Å²) in [5.74, 6) is -1.15. The zero-order valence-electron chi connectivity index (χ0n) is 11.2. The Hall–Kier alpha value is -1.34. The average Bonchev–Trinajstić information content (AvgIpc) is 2.73. The summed E-state index contributed by atoms with van der Waals surface area (Å²) in [6.07, 6.45) is 2.11. The van der Waals surface area contributed by atoms with Gasteiger partial charge in [0.05, 0.1) is 5.69 Å². The molecule has 1 unspecified atom stereocenters. The molecular formula is C13H15BrF2N4. The van der Waals surface area contributed by atoms with Crippen molar-refractivity contribution in [3.05, 3.63) is 45.7 Å². The van der Waals surface area contributed by atoms with E-state index in [1.54, 1.807) is 17.9 Å². The van der Waals surface area contributed by atoms with Gasteiger partial charge in [0, 0.05) is 35.7 Å². The molecule has 2 rings (SSSR count). The van der Waals surface area contributed by atoms with Crippen LogP contribution in [0.1, 0.15) is 24.2 Å². The number of nitrogens with one attached hydrogen (secondary N) is 1. The molecule has 0 radical (unpaired) electrons. The molecule has 1 atom stereocenters. The van der Waals surface area contributed by atoms with Crippen LogP contribution >= 0.6 is 15.9 Å². The van der Waals surface area contributed by atoms with Crippen LogP contribution in [0.2, 0.25) is 0 Å². The smallest absolute Gasteiger partial charge is 0.132 e. The molecule has 7 heteroatoms. The van der Waals surface area contributed by atoms with Crippen LogP contribution in [0, 0.1) is 11.6 Å². The van der Waals surface area contributed by atoms with Crippen molar-refractivity contribution in [2.75, 3.05) is 6.54 Å². The molecule has 108 valence electrons. The normalized spacial score (nSPS) is 12.7. The molecule has 0 bridgehead atoms. The third-order valence-corrected chi connectivity index (χ3v) is 3.36. The monoisotopic (exact) mass is 344 g/mol. The lowest BCUT2D eigenvalue weighted by atomic mass is 10.0. The van der Waals surface area contributed by atoms with Crippen LogP contribution in [0.5, 0.6) is 0 Å². The fourth-order valence-electron chi connectivity index (χ4n) is 2.11. The predicted octanol–water partition coefficient (Wildman–Crippen LogP) is 2.75. The third kappa shape index (κ3) is 3.40. The number of aromatic nitrogens is 3. The van der Waals surface area contributed by atoms with Crippen LogP contribution in [0.4, 0.5) is 8.78 Å². The number of hydrogen-bond acceptors (Lipinski definition) is 3. The van der Waals surface area contributed by atoms with E-state index in [0.717, 1.165) is 0 Å². The van der Waals surface area contributed by atoms with Crippen molar-refractivity contribution in [3.8, 4) is 0 Å². The summed E-state index contributed by atoms with van der Waals surface area (Å²) in [6, 6.07) is 2.04. The van der Waals surface area contributed by atoms with Gasteiger partial charge in [-0.2, -0.15) is 0 Å². The van der Waals surface area contributed by atoms with Crippen LogP contribution in [0.3, 0.4) is 0 Å². The molecule has 20 heavy (non-hydrogen) atoms. The molecule has 0 amide bonds. The second-order valence-corrected chi connectivity index (χ2v) is 5.40. The van der Waals surface area contributed by atoms with Crippen molar-refractivity contribution >= 4 is 15.9 Å². The van der Waals surface area contributed by atoms with Gasteiger partial charge in [0.2, 0.25) is 0 Å². The van der Waals surface area contributed by atoms with Crippen molar-refractivity contribution in [1.29, 1.82) is 0 Å². The first-order chi connectivity index (χ1) is 9.51. The van der Waals surface area contributed by atoms with Crippen LogP contribution in [0.25, 0.3) is 0 Å². The Bertz CT molecular complexity index is 577. The zero-order chi connectivity index (χ0) is 14.7. The molecule has 0 spiro atoms. The number of halogens is 3. The highest BCUT2D eigenvalue weighted by Crippen LogP contribution is 2.26. The highest BCUT2D eigenvalue weighted by atomic mass is 79.9. The average molecular weight is 345 g/mol. The van der Waals surface area contributed by atoms with Gasteiger partial charge in [0.15, 0.2) is 0 Å². The van der Waals surface area contributed by atoms with Gasteiger partial charge in [-0.25, -0.2) is 8.78 Å². The number of hydrogen-bond donors (Lipinski definition) is 1. The molecule has 2 aromatic rings. The summed E-state index contributed by atoms with van der Waals surface area (Å²) in [4.78, 5) is 0. The van der Waals surface area contributed by atoms with Gasteiger partial charge in [-0.1, -0.05) is 28.1 Å². The molecule has 0 saturated heterocycles. The first-order valence-corrected chi connectivity index (χ1v) is 7.03. The lowest BCUT2D eigenvalue weighted by molar-refractivity contribution is 0.469. The molecule has 0 aliphatic rings. The van der Waals surface area contributed by atoms with Crippen LogP contribution in [0.15, 0.2) is 22.8 Å². The topological polar surface area (TPSA) is 42.7 Å². The summed E-state index contributed by atoms with van der Waals surface area (Å²) < 4.78 is 30.0. The minimum Gasteiger partial charge on any atom is -0.310 e. The van der Waals surface area contributed by atoms with Crippen molar-refractivity contribution in [2.45, 2.75) is 19.4 Å². The van der Waals surface area contributed by atoms with E-state index in [4.69, 9.17) is 0 Å². The predicted molar refractivity (Wildman–Crippen MR) is 75.2 cm³/mol. The Balaban J connectivity index is 2.33. The Labute approximate surface area is 124 Å². The molecule has 1 aromatic carbocycles. The number of benzene rings is 1. The van der Waals surface area contributed by atoms with Crippen LogP contribution in [-0.2, 0) is 13.5 Å². The maximum Gasteiger partial charge on any atom is 0.132 e. The van der Waals surface area contributed by atoms with Gasteiger partial charge in [-0.05, 0) is 18.7 Å². The van der Waals surface area contributed by atoms with Gasteiger partial charge in [0.1, 0.15) is 11.6 Å². The Morgan fingerprint density at radius 1 is 1.35 bits per heavy atom. The molecule has 1 heterocycles. The fourth-order valence-corrected chi connectivity index (χ4v) is 2.51. The molecule has 0 fully saturated rings. The van der Waals surface area contributed by atoms with Crippen molar-refractivity contribution in [3.63, 3.8) is 0 Å². The summed E-state index contributed by atoms with van der Waals surface area (Å²) >= 11 is 3.08. The second-order valence-electron chi connectivity index (χ2n) is 4.48. The summed E-state index contributed by atoms with van der Waals surface area (Å²) in [5.41, 5.74) is 0.709. The van der Waals surface area contributed by atoms with Gasteiger partial charge in [-0.3, -0.25) is 4.68 Å². The number of rotatable bonds is 5. The van der Waals surface area contributed by atoms with Gasteiger partial charge < -0.3 is 5.32 Å². The van der Waals surface area contributed by atoms with E-state index < -0.39 is 17.7 Å². The van der Waals surface area contributed by atoms with E-state index in [1.165, 1.54) is 12.1 Å². The van der Waals surface area contributed by atoms with Crippen LogP contribution in [-0.4, -0.2) is 21.5 Å². The van der Waals surface area contributed by atoms with Gasteiger partial charge >= 0.3 is 0 Å². The molecule has 0 aliphatic carbocycles. The minimum atomic E-state index is -0.577. The summed E-state index contributed by atoms with van der Waals surface area (Å²) in [7, 11) is 1.75. The standard InChI is InChI=1S/C13H15BrF2N4/c1-3-17-12(6-9-7-20(2)19-18-9)13-10(15)4-8(14)5-11(13)16/h4-5,7,12,17H,3,6H2,1-2H3.